The van der Waals surface area contributed by atoms with E-state index in [1.54, 1.807) is 19.1 Å². The Morgan fingerprint density at radius 3 is 2.61 bits per heavy atom. The van der Waals surface area contributed by atoms with Crippen LogP contribution in [0.15, 0.2) is 56.7 Å². The molecule has 0 radical (unpaired) electrons. The van der Waals surface area contributed by atoms with Crippen LogP contribution in [0.4, 0.5) is 4.39 Å². The molecule has 0 aliphatic heterocycles. The van der Waals surface area contributed by atoms with E-state index in [-0.39, 0.29) is 5.82 Å². The maximum Gasteiger partial charge on any atom is 0.137 e. The van der Waals surface area contributed by atoms with E-state index in [2.05, 4.69) is 15.9 Å². The van der Waals surface area contributed by atoms with Gasteiger partial charge >= 0.3 is 0 Å². The van der Waals surface area contributed by atoms with E-state index in [9.17, 15) is 9.50 Å². The van der Waals surface area contributed by atoms with Gasteiger partial charge < -0.3 is 5.11 Å². The number of benzene rings is 2. The van der Waals surface area contributed by atoms with Crippen LogP contribution < -0.4 is 0 Å². The van der Waals surface area contributed by atoms with Crippen LogP contribution in [0.5, 0.6) is 0 Å². The Morgan fingerprint density at radius 1 is 1.22 bits per heavy atom. The maximum absolute atomic E-state index is 13.9. The Bertz CT molecular complexity index is 557. The van der Waals surface area contributed by atoms with Gasteiger partial charge in [0.2, 0.25) is 0 Å². The SMILES string of the molecule is C[C@@H](O)c1ccc(Sc2cccc(Br)c2)c(F)c1. The molecule has 0 unspecified atom stereocenters. The van der Waals surface area contributed by atoms with E-state index in [0.29, 0.717) is 10.5 Å². The molecule has 2 rings (SSSR count). The molecule has 0 bridgehead atoms. The minimum Gasteiger partial charge on any atom is -0.389 e. The highest BCUT2D eigenvalue weighted by atomic mass is 79.9. The largest absolute Gasteiger partial charge is 0.389 e. The summed E-state index contributed by atoms with van der Waals surface area (Å²) < 4.78 is 14.8. The molecule has 2 aromatic rings. The average molecular weight is 327 g/mol. The van der Waals surface area contributed by atoms with Gasteiger partial charge in [0.25, 0.3) is 0 Å². The van der Waals surface area contributed by atoms with Crippen molar-refractivity contribution < 1.29 is 9.50 Å². The summed E-state index contributed by atoms with van der Waals surface area (Å²) in [6.45, 7) is 1.62. The van der Waals surface area contributed by atoms with Crippen molar-refractivity contribution in [3.8, 4) is 0 Å². The lowest BCUT2D eigenvalue weighted by Gasteiger charge is -2.08. The lowest BCUT2D eigenvalue weighted by molar-refractivity contribution is 0.198. The van der Waals surface area contributed by atoms with E-state index >= 15 is 0 Å². The highest BCUT2D eigenvalue weighted by Crippen LogP contribution is 2.32. The van der Waals surface area contributed by atoms with Crippen molar-refractivity contribution in [3.05, 3.63) is 58.3 Å². The third-order valence-electron chi connectivity index (χ3n) is 2.46. The van der Waals surface area contributed by atoms with Crippen molar-refractivity contribution in [1.29, 1.82) is 0 Å². The van der Waals surface area contributed by atoms with E-state index in [1.807, 2.05) is 24.3 Å². The fraction of sp³-hybridized carbons (Fsp3) is 0.143. The molecule has 94 valence electrons. The smallest absolute Gasteiger partial charge is 0.137 e. The Hall–Kier alpha value is -0.840. The first-order valence-electron chi connectivity index (χ1n) is 5.47. The molecule has 0 fully saturated rings. The number of hydrogen-bond acceptors (Lipinski definition) is 2. The lowest BCUT2D eigenvalue weighted by Crippen LogP contribution is -1.92. The van der Waals surface area contributed by atoms with Crippen LogP contribution in [-0.4, -0.2) is 5.11 Å². The molecule has 18 heavy (non-hydrogen) atoms. The molecule has 0 spiro atoms. The molecular formula is C14H12BrFOS. The predicted molar refractivity (Wildman–Crippen MR) is 75.3 cm³/mol. The van der Waals surface area contributed by atoms with Gasteiger partial charge in [0.15, 0.2) is 0 Å². The first-order valence-corrected chi connectivity index (χ1v) is 7.08. The number of rotatable bonds is 3. The van der Waals surface area contributed by atoms with Gasteiger partial charge in [0.05, 0.1) is 6.10 Å². The zero-order valence-electron chi connectivity index (χ0n) is 9.73. The van der Waals surface area contributed by atoms with Gasteiger partial charge in [-0.05, 0) is 42.8 Å². The van der Waals surface area contributed by atoms with Crippen LogP contribution in [0, 0.1) is 5.82 Å². The molecule has 1 N–H and O–H groups in total. The summed E-state index contributed by atoms with van der Waals surface area (Å²) >= 11 is 4.75. The average Bonchev–Trinajstić information content (AvgIpc) is 2.31. The van der Waals surface area contributed by atoms with Gasteiger partial charge in [-0.15, -0.1) is 0 Å². The highest BCUT2D eigenvalue weighted by Gasteiger charge is 2.08. The third kappa shape index (κ3) is 3.34. The second-order valence-corrected chi connectivity index (χ2v) is 5.96. The van der Waals surface area contributed by atoms with Crippen LogP contribution in [0.25, 0.3) is 0 Å². The molecule has 0 aliphatic rings. The Balaban J connectivity index is 2.24. The molecule has 0 amide bonds. The van der Waals surface area contributed by atoms with Crippen molar-refractivity contribution >= 4 is 27.7 Å². The van der Waals surface area contributed by atoms with Gasteiger partial charge in [-0.2, -0.15) is 0 Å². The first-order chi connectivity index (χ1) is 8.56. The number of hydrogen-bond donors (Lipinski definition) is 1. The molecule has 0 aliphatic carbocycles. The van der Waals surface area contributed by atoms with Crippen molar-refractivity contribution in [1.82, 2.24) is 0 Å². The molecule has 1 atom stereocenters. The Kier molecular flexibility index (Phi) is 4.43. The fourth-order valence-corrected chi connectivity index (χ4v) is 2.95. The van der Waals surface area contributed by atoms with E-state index in [0.717, 1.165) is 9.37 Å². The summed E-state index contributed by atoms with van der Waals surface area (Å²) in [6, 6.07) is 12.5. The second-order valence-electron chi connectivity index (χ2n) is 3.93. The van der Waals surface area contributed by atoms with Gasteiger partial charge in [-0.1, -0.05) is 39.8 Å². The normalized spacial score (nSPS) is 12.4. The van der Waals surface area contributed by atoms with Gasteiger partial charge in [0, 0.05) is 14.3 Å². The molecule has 2 aromatic carbocycles. The van der Waals surface area contributed by atoms with Crippen LogP contribution in [0.3, 0.4) is 0 Å². The molecule has 1 nitrogen and oxygen atoms in total. The number of aliphatic hydroxyl groups is 1. The summed E-state index contributed by atoms with van der Waals surface area (Å²) in [5.74, 6) is -0.307. The number of aliphatic hydroxyl groups excluding tert-OH is 1. The fourth-order valence-electron chi connectivity index (χ4n) is 1.52. The van der Waals surface area contributed by atoms with Crippen molar-refractivity contribution in [3.63, 3.8) is 0 Å². The quantitative estimate of drug-likeness (QED) is 0.874. The molecule has 0 saturated carbocycles. The van der Waals surface area contributed by atoms with Crippen molar-refractivity contribution in [2.24, 2.45) is 0 Å². The van der Waals surface area contributed by atoms with Crippen LogP contribution in [0.2, 0.25) is 0 Å². The topological polar surface area (TPSA) is 20.2 Å². The van der Waals surface area contributed by atoms with E-state index in [4.69, 9.17) is 0 Å². The van der Waals surface area contributed by atoms with E-state index < -0.39 is 6.10 Å². The predicted octanol–water partition coefficient (Wildman–Crippen LogP) is 4.79. The summed E-state index contributed by atoms with van der Waals surface area (Å²) in [4.78, 5) is 1.52. The third-order valence-corrected chi connectivity index (χ3v) is 4.00. The van der Waals surface area contributed by atoms with Gasteiger partial charge in [0.1, 0.15) is 5.82 Å². The molecular weight excluding hydrogens is 315 g/mol. The molecule has 0 heterocycles. The number of halogens is 2. The van der Waals surface area contributed by atoms with Crippen LogP contribution in [-0.2, 0) is 0 Å². The van der Waals surface area contributed by atoms with Gasteiger partial charge in [-0.3, -0.25) is 0 Å². The zero-order valence-corrected chi connectivity index (χ0v) is 12.1. The Morgan fingerprint density at radius 2 is 2.00 bits per heavy atom. The van der Waals surface area contributed by atoms with Crippen molar-refractivity contribution in [2.75, 3.05) is 0 Å². The summed E-state index contributed by atoms with van der Waals surface area (Å²) in [5, 5.41) is 9.39. The standard InChI is InChI=1S/C14H12BrFOS/c1-9(17)10-5-6-14(13(16)7-10)18-12-4-2-3-11(15)8-12/h2-9,17H,1H3/t9-/m1/s1. The maximum atomic E-state index is 13.9. The molecule has 4 heteroatoms. The Labute approximate surface area is 118 Å². The monoisotopic (exact) mass is 326 g/mol. The first kappa shape index (κ1) is 13.6. The lowest BCUT2D eigenvalue weighted by atomic mass is 10.1. The zero-order chi connectivity index (χ0) is 13.1. The van der Waals surface area contributed by atoms with E-state index in [1.165, 1.54) is 17.8 Å². The summed E-state index contributed by atoms with van der Waals surface area (Å²) in [6.07, 6.45) is -0.649. The molecule has 0 saturated heterocycles. The van der Waals surface area contributed by atoms with Gasteiger partial charge in [-0.25, -0.2) is 4.39 Å². The minimum atomic E-state index is -0.649. The second kappa shape index (κ2) is 5.87. The summed E-state index contributed by atoms with van der Waals surface area (Å²) in [5.41, 5.74) is 0.589. The summed E-state index contributed by atoms with van der Waals surface area (Å²) in [7, 11) is 0. The van der Waals surface area contributed by atoms with Crippen molar-refractivity contribution in [2.45, 2.75) is 22.8 Å². The highest BCUT2D eigenvalue weighted by molar-refractivity contribution is 9.10. The van der Waals surface area contributed by atoms with Crippen LogP contribution in [0.1, 0.15) is 18.6 Å². The molecule has 0 aromatic heterocycles. The van der Waals surface area contributed by atoms with Crippen LogP contribution >= 0.6 is 27.7 Å². The minimum absolute atomic E-state index is 0.307.